The highest BCUT2D eigenvalue weighted by Crippen LogP contribution is 2.14. The molecule has 0 unspecified atom stereocenters. The van der Waals surface area contributed by atoms with Crippen LogP contribution in [0.1, 0.15) is 17.3 Å². The second-order valence-corrected chi connectivity index (χ2v) is 3.15. The van der Waals surface area contributed by atoms with Crippen LogP contribution in [0.25, 0.3) is 0 Å². The van der Waals surface area contributed by atoms with Crippen molar-refractivity contribution in [2.75, 3.05) is 6.61 Å². The molecule has 0 heterocycles. The van der Waals surface area contributed by atoms with Gasteiger partial charge in [-0.05, 0) is 19.1 Å². The first-order chi connectivity index (χ1) is 7.97. The van der Waals surface area contributed by atoms with Crippen molar-refractivity contribution in [1.29, 1.82) is 0 Å². The van der Waals surface area contributed by atoms with Gasteiger partial charge in [-0.15, -0.1) is 0 Å². The molecule has 0 N–H and O–H groups in total. The second kappa shape index (κ2) is 5.34. The number of hydrogen-bond donors (Lipinski definition) is 0. The van der Waals surface area contributed by atoms with Gasteiger partial charge in [-0.3, -0.25) is 4.79 Å². The maximum atomic E-state index is 13.3. The van der Waals surface area contributed by atoms with E-state index >= 15 is 0 Å². The second-order valence-electron chi connectivity index (χ2n) is 3.15. The fraction of sp³-hybridized carbons (Fsp3) is 0.167. The summed E-state index contributed by atoms with van der Waals surface area (Å²) in [6.45, 7) is 4.87. The lowest BCUT2D eigenvalue weighted by atomic mass is 10.0. The minimum atomic E-state index is -1.04. The van der Waals surface area contributed by atoms with Crippen molar-refractivity contribution in [3.8, 4) is 0 Å². The van der Waals surface area contributed by atoms with Crippen molar-refractivity contribution < 1.29 is 23.1 Å². The molecule has 0 saturated carbocycles. The van der Waals surface area contributed by atoms with Gasteiger partial charge in [0, 0.05) is 6.07 Å². The third kappa shape index (κ3) is 2.96. The van der Waals surface area contributed by atoms with Crippen LogP contribution in [0.15, 0.2) is 30.4 Å². The summed E-state index contributed by atoms with van der Waals surface area (Å²) in [5.74, 6) is -3.68. The Hall–Kier alpha value is -2.04. The van der Waals surface area contributed by atoms with Crippen LogP contribution in [0.5, 0.6) is 0 Å². The molecule has 0 aliphatic carbocycles. The number of halogens is 2. The Morgan fingerprint density at radius 1 is 1.35 bits per heavy atom. The lowest BCUT2D eigenvalue weighted by molar-refractivity contribution is -0.138. The molecular weight excluding hydrogens is 230 g/mol. The van der Waals surface area contributed by atoms with E-state index in [1.807, 2.05) is 0 Å². The molecule has 5 heteroatoms. The van der Waals surface area contributed by atoms with Crippen LogP contribution in [0.4, 0.5) is 8.78 Å². The predicted molar refractivity (Wildman–Crippen MR) is 56.5 cm³/mol. The summed E-state index contributed by atoms with van der Waals surface area (Å²) in [6, 6.07) is 2.44. The van der Waals surface area contributed by atoms with Gasteiger partial charge in [-0.2, -0.15) is 0 Å². The Morgan fingerprint density at radius 2 is 2.00 bits per heavy atom. The number of ketones is 1. The highest BCUT2D eigenvalue weighted by Gasteiger charge is 2.21. The van der Waals surface area contributed by atoms with Crippen molar-refractivity contribution in [1.82, 2.24) is 0 Å². The normalized spacial score (nSPS) is 9.82. The zero-order chi connectivity index (χ0) is 13.0. The number of carbonyl (C=O) groups excluding carboxylic acids is 2. The molecular formula is C12H10F2O3. The number of hydrogen-bond acceptors (Lipinski definition) is 3. The minimum Gasteiger partial charge on any atom is -0.462 e. The topological polar surface area (TPSA) is 43.4 Å². The average Bonchev–Trinajstić information content (AvgIpc) is 2.27. The van der Waals surface area contributed by atoms with Gasteiger partial charge in [-0.1, -0.05) is 6.58 Å². The summed E-state index contributed by atoms with van der Waals surface area (Å²) in [7, 11) is 0. The van der Waals surface area contributed by atoms with Crippen LogP contribution in [0.2, 0.25) is 0 Å². The number of rotatable bonds is 4. The number of Topliss-reactive ketones (excluding diaryl/α,β-unsaturated/α-hetero) is 1. The van der Waals surface area contributed by atoms with Gasteiger partial charge in [0.15, 0.2) is 0 Å². The molecule has 0 saturated heterocycles. The molecule has 0 bridgehead atoms. The van der Waals surface area contributed by atoms with Crippen molar-refractivity contribution in [2.24, 2.45) is 0 Å². The molecule has 0 radical (unpaired) electrons. The molecule has 0 fully saturated rings. The lowest BCUT2D eigenvalue weighted by Crippen LogP contribution is -2.16. The van der Waals surface area contributed by atoms with Crippen LogP contribution in [-0.4, -0.2) is 18.4 Å². The lowest BCUT2D eigenvalue weighted by Gasteiger charge is -2.05. The Kier molecular flexibility index (Phi) is 4.09. The predicted octanol–water partition coefficient (Wildman–Crippen LogP) is 2.27. The van der Waals surface area contributed by atoms with Crippen LogP contribution in [0.3, 0.4) is 0 Å². The van der Waals surface area contributed by atoms with Crippen molar-refractivity contribution >= 4 is 11.8 Å². The Balaban J connectivity index is 2.97. The summed E-state index contributed by atoms with van der Waals surface area (Å²) >= 11 is 0. The van der Waals surface area contributed by atoms with Gasteiger partial charge in [-0.25, -0.2) is 13.6 Å². The fourth-order valence-electron chi connectivity index (χ4n) is 1.15. The largest absolute Gasteiger partial charge is 0.462 e. The van der Waals surface area contributed by atoms with Crippen LogP contribution in [0, 0.1) is 11.6 Å². The van der Waals surface area contributed by atoms with E-state index in [4.69, 9.17) is 0 Å². The maximum absolute atomic E-state index is 13.3. The number of esters is 1. The number of carbonyl (C=O) groups is 2. The van der Waals surface area contributed by atoms with E-state index < -0.39 is 34.5 Å². The molecule has 0 atom stereocenters. The standard InChI is InChI=1S/C12H10F2O3/c1-3-17-12(16)7(2)11(15)9-5-4-8(13)6-10(9)14/h4-6H,2-3H2,1H3. The van der Waals surface area contributed by atoms with Crippen molar-refractivity contribution in [3.05, 3.63) is 47.5 Å². The first-order valence-corrected chi connectivity index (χ1v) is 4.83. The van der Waals surface area contributed by atoms with Crippen molar-refractivity contribution in [2.45, 2.75) is 6.92 Å². The van der Waals surface area contributed by atoms with Crippen LogP contribution >= 0.6 is 0 Å². The van der Waals surface area contributed by atoms with E-state index in [-0.39, 0.29) is 6.61 Å². The third-order valence-electron chi connectivity index (χ3n) is 1.97. The van der Waals surface area contributed by atoms with Gasteiger partial charge in [0.1, 0.15) is 17.2 Å². The summed E-state index contributed by atoms with van der Waals surface area (Å²) in [5.41, 5.74) is -0.901. The molecule has 0 aliphatic rings. The summed E-state index contributed by atoms with van der Waals surface area (Å²) in [6.07, 6.45) is 0. The zero-order valence-electron chi connectivity index (χ0n) is 9.13. The van der Waals surface area contributed by atoms with E-state index in [0.717, 1.165) is 12.1 Å². The SMILES string of the molecule is C=C(C(=O)OCC)C(=O)c1ccc(F)cc1F. The molecule has 1 aromatic rings. The first-order valence-electron chi connectivity index (χ1n) is 4.83. The maximum Gasteiger partial charge on any atom is 0.341 e. The van der Waals surface area contributed by atoms with Gasteiger partial charge in [0.2, 0.25) is 5.78 Å². The van der Waals surface area contributed by atoms with E-state index in [9.17, 15) is 18.4 Å². The molecule has 3 nitrogen and oxygen atoms in total. The first kappa shape index (κ1) is 13.0. The van der Waals surface area contributed by atoms with E-state index in [2.05, 4.69) is 11.3 Å². The highest BCUT2D eigenvalue weighted by atomic mass is 19.1. The van der Waals surface area contributed by atoms with Crippen molar-refractivity contribution in [3.63, 3.8) is 0 Å². The molecule has 0 amide bonds. The van der Waals surface area contributed by atoms with E-state index in [1.165, 1.54) is 0 Å². The molecule has 0 aromatic heterocycles. The summed E-state index contributed by atoms with van der Waals surface area (Å²) in [4.78, 5) is 22.8. The quantitative estimate of drug-likeness (QED) is 0.266. The summed E-state index contributed by atoms with van der Waals surface area (Å²) < 4.78 is 30.4. The Bertz CT molecular complexity index is 481. The fourth-order valence-corrected chi connectivity index (χ4v) is 1.15. The van der Waals surface area contributed by atoms with Gasteiger partial charge in [0.05, 0.1) is 12.2 Å². The molecule has 0 aliphatic heterocycles. The van der Waals surface area contributed by atoms with Gasteiger partial charge in [0.25, 0.3) is 0 Å². The third-order valence-corrected chi connectivity index (χ3v) is 1.97. The van der Waals surface area contributed by atoms with Crippen LogP contribution < -0.4 is 0 Å². The zero-order valence-corrected chi connectivity index (χ0v) is 9.13. The number of benzene rings is 1. The van der Waals surface area contributed by atoms with Gasteiger partial charge < -0.3 is 4.74 Å². The minimum absolute atomic E-state index is 0.0804. The Morgan fingerprint density at radius 3 is 2.53 bits per heavy atom. The Labute approximate surface area is 96.7 Å². The molecule has 1 rings (SSSR count). The molecule has 1 aromatic carbocycles. The summed E-state index contributed by atoms with van der Waals surface area (Å²) in [5, 5.41) is 0. The van der Waals surface area contributed by atoms with E-state index in [1.54, 1.807) is 6.92 Å². The van der Waals surface area contributed by atoms with Gasteiger partial charge >= 0.3 is 5.97 Å². The highest BCUT2D eigenvalue weighted by molar-refractivity contribution is 6.23. The average molecular weight is 240 g/mol. The molecule has 17 heavy (non-hydrogen) atoms. The van der Waals surface area contributed by atoms with E-state index in [0.29, 0.717) is 6.07 Å². The smallest absolute Gasteiger partial charge is 0.341 e. The number of ether oxygens (including phenoxy) is 1. The molecule has 90 valence electrons. The monoisotopic (exact) mass is 240 g/mol. The van der Waals surface area contributed by atoms with Crippen LogP contribution in [-0.2, 0) is 9.53 Å². The molecule has 0 spiro atoms.